The summed E-state index contributed by atoms with van der Waals surface area (Å²) in [6.45, 7) is 10.0. The summed E-state index contributed by atoms with van der Waals surface area (Å²) in [5.41, 5.74) is 15.9. The zero-order valence-electron chi connectivity index (χ0n) is 75.8. The summed E-state index contributed by atoms with van der Waals surface area (Å²) >= 11 is 18.2. The van der Waals surface area contributed by atoms with Gasteiger partial charge in [0.25, 0.3) is 0 Å². The molecule has 5 fully saturated rings. The number of aromatic nitrogens is 6. The van der Waals surface area contributed by atoms with Crippen LogP contribution in [0.1, 0.15) is 106 Å². The maximum Gasteiger partial charge on any atom is 0.519 e. The largest absolute Gasteiger partial charge is 0.519 e. The maximum atomic E-state index is 13.6. The van der Waals surface area contributed by atoms with E-state index in [0.717, 1.165) is 106 Å². The molecule has 3 aromatic carbocycles. The molecule has 4 amide bonds. The number of rotatable bonds is 26. The van der Waals surface area contributed by atoms with Crippen molar-refractivity contribution in [1.29, 1.82) is 0 Å². The van der Waals surface area contributed by atoms with Crippen molar-refractivity contribution >= 4 is 331 Å². The number of amides is 4. The number of halogens is 8. The molecule has 0 aliphatic heterocycles. The van der Waals surface area contributed by atoms with E-state index in [9.17, 15) is 76.6 Å². The van der Waals surface area contributed by atoms with Crippen molar-refractivity contribution in [3.8, 4) is 0 Å². The van der Waals surface area contributed by atoms with E-state index >= 15 is 0 Å². The first kappa shape index (κ1) is 118. The lowest BCUT2D eigenvalue weighted by Crippen LogP contribution is -2.73. The molecule has 9 aromatic rings. The number of nitrogens with zero attached hydrogens (tertiary/aromatic N) is 9. The molecule has 19 radical (unpaired) electrons. The van der Waals surface area contributed by atoms with Gasteiger partial charge in [0.05, 0.1) is 15.5 Å². The summed E-state index contributed by atoms with van der Waals surface area (Å²) in [6.07, 6.45) is 14.5. The Bertz CT molecular complexity index is 5590. The van der Waals surface area contributed by atoms with Crippen LogP contribution in [0.4, 0.5) is 103 Å². The van der Waals surface area contributed by atoms with Crippen molar-refractivity contribution in [1.82, 2.24) is 29.9 Å². The number of carbonyl (C=O) groups excluding carboxylic acids is 9. The summed E-state index contributed by atoms with van der Waals surface area (Å²) in [6, 6.07) is 32.2. The predicted octanol–water partition coefficient (Wildman–Crippen LogP) is 11.8. The number of nitro benzene ring substituents is 2. The molecule has 5 aliphatic rings. The number of carbonyl (C=O) groups is 9. The predicted molar refractivity (Wildman–Crippen MR) is 565 cm³/mol. The molecule has 0 saturated heterocycles. The Kier molecular flexibility index (Phi) is 50.7. The van der Waals surface area contributed by atoms with E-state index in [2.05, 4.69) is 130 Å². The van der Waals surface area contributed by atoms with Gasteiger partial charge < -0.3 is 77.6 Å². The molecule has 139 heavy (non-hydrogen) atoms. The number of anilines is 12. The van der Waals surface area contributed by atoms with Crippen molar-refractivity contribution in [3.05, 3.63) is 220 Å². The molecule has 0 atom stereocenters. The Hall–Kier alpha value is -11.1. The first-order valence-corrected chi connectivity index (χ1v) is 45.6. The van der Waals surface area contributed by atoms with Gasteiger partial charge in [-0.05, 0) is 208 Å². The quantitative estimate of drug-likeness (QED) is 0.00355. The Morgan fingerprint density at radius 2 is 0.856 bits per heavy atom. The van der Waals surface area contributed by atoms with Gasteiger partial charge in [-0.25, -0.2) is 43.9 Å². The van der Waals surface area contributed by atoms with E-state index in [1.165, 1.54) is 57.2 Å². The highest BCUT2D eigenvalue weighted by Crippen LogP contribution is 2.36. The Balaban J connectivity index is 0.000000277. The van der Waals surface area contributed by atoms with Crippen molar-refractivity contribution in [2.75, 3.05) is 53.8 Å². The standard InChI is InChI=1S/C15H13FN4O3.C15H15FN4O.C10H9BBrN2O2.C10H18O5.C9H9BrN2O.C6H5BBrN2O.C6H5FN2O2.C5H5BrN2.C4H5ClO.B15/c16-12-7-10(3-4-13(12)20(22)23)18-11-5-6-17-14(8-11)19-15(21)9-1-2-9;16-12-7-10(3-4-13(12)17)19-11-5-6-18-14(8-11)20-15(21)9-1-2-9;12-8-3-4-13-9(5-8)14(11-6-15)10(16)7-1-2-7;1-9(2,3)14-7(11)13-8(12)15-10(4,5)6;10-7-3-4-11-8(5-7)12-9(13)6-1-2-6;8-5-1-2-9-6(3-5)10-7-4-11;7-5-3-4(8)1-2-6(5)9(10)11;6-4-1-2-8-5(7)3-4;5-4(6)3-1-2-3;1-9-13(8)15(12(6)7)14(10(2)3)11(4)5/h3-9H,1-2H2,(H2,17,18,19,21);3-9H,1-2,17H2,(H2,18,19,20,21);3-7H,1-2H2;1-6H3;3-6H,1-2H2,(H,11,12,13);1-4H,(H,9,10);1-3H,8H2;1-3H,(H2,7,8);3H,1-2H2;. The third-order valence-electron chi connectivity index (χ3n) is 18.1. The molecule has 34 nitrogen and oxygen atoms in total. The summed E-state index contributed by atoms with van der Waals surface area (Å²) in [5, 5.41) is 37.4. The number of nitrogens with one attached hydrogen (secondary N) is 6. The minimum absolute atomic E-state index is 0.00169. The molecule has 5 saturated carbocycles. The molecule has 6 aromatic heterocycles. The molecule has 0 spiro atoms. The molecular weight excluding hydrogens is 2060 g/mol. The van der Waals surface area contributed by atoms with E-state index < -0.39 is 100 Å². The van der Waals surface area contributed by atoms with Gasteiger partial charge >= 0.3 is 38.5 Å². The van der Waals surface area contributed by atoms with Gasteiger partial charge in [-0.2, -0.15) is 8.78 Å². The third-order valence-corrected chi connectivity index (χ3v) is 20.4. The first-order chi connectivity index (χ1) is 65.5. The van der Waals surface area contributed by atoms with Crippen LogP contribution in [-0.4, -0.2) is 227 Å². The van der Waals surface area contributed by atoms with Crippen LogP contribution in [0.25, 0.3) is 0 Å². The van der Waals surface area contributed by atoms with Gasteiger partial charge in [0.2, 0.25) is 40.5 Å². The molecule has 6 heterocycles. The van der Waals surface area contributed by atoms with Crippen LogP contribution in [-0.2, 0) is 47.8 Å². The Labute approximate surface area is 855 Å². The number of pyridine rings is 6. The Morgan fingerprint density at radius 3 is 1.20 bits per heavy atom. The van der Waals surface area contributed by atoms with Crippen LogP contribution in [0.2, 0.25) is 0 Å². The van der Waals surface area contributed by atoms with Crippen molar-refractivity contribution < 1.29 is 80.4 Å². The van der Waals surface area contributed by atoms with E-state index in [0.29, 0.717) is 70.0 Å². The Morgan fingerprint density at radius 1 is 0.482 bits per heavy atom. The van der Waals surface area contributed by atoms with E-state index in [-0.39, 0.29) is 69.8 Å². The van der Waals surface area contributed by atoms with Gasteiger partial charge in [-0.15, -0.1) is 0 Å². The summed E-state index contributed by atoms with van der Waals surface area (Å²) in [4.78, 5) is 143. The van der Waals surface area contributed by atoms with Crippen molar-refractivity contribution in [2.24, 2.45) is 29.6 Å². The van der Waals surface area contributed by atoms with Crippen LogP contribution in [0, 0.1) is 67.3 Å². The first-order valence-electron chi connectivity index (χ1n) is 42.1. The number of hydrogen-bond acceptors (Lipinski definition) is 28. The van der Waals surface area contributed by atoms with E-state index in [1.54, 1.807) is 133 Å². The lowest BCUT2D eigenvalue weighted by atomic mass is 8.46. The van der Waals surface area contributed by atoms with Crippen LogP contribution in [0.5, 0.6) is 0 Å². The SMILES string of the molecule is CC(C)(C)OC(=O)OC(=O)OC(C)(C)C.Nc1cc(Br)ccn1.Nc1ccc(Nc2ccnc(NC(=O)C3CC3)c2)cc1F.Nc1ccc([N+](=O)[O-])c(F)c1.O=C(Cl)C1CC1.O=C(Nc1cc(Br)ccn1)C1CC1.O=C(Nc1cc(Nc2ccc([N+](=O)[O-])c(F)c2)ccn1)C1CC1.O=C[B]N(C(=O)C1CC1)c1cc(Br)ccn1.O=C[B]Nc1cc(Br)ccn1.[B][B]B([B])B(B([B])[B])B(B([B])[B])B([B])[B]. The van der Waals surface area contributed by atoms with E-state index in [1.807, 2.05) is 18.2 Å². The topological polar surface area (TPSA) is 498 Å². The highest BCUT2D eigenvalue weighted by Gasteiger charge is 2.38. The number of nitrogen functional groups attached to an aromatic ring is 3. The van der Waals surface area contributed by atoms with Gasteiger partial charge in [0.1, 0.15) is 64.3 Å². The van der Waals surface area contributed by atoms with Crippen LogP contribution in [0.15, 0.2) is 182 Å². The smallest absolute Gasteiger partial charge is 0.428 e. The minimum atomic E-state index is -1.06. The molecule has 59 heteroatoms. The lowest BCUT2D eigenvalue weighted by Gasteiger charge is -2.35. The van der Waals surface area contributed by atoms with E-state index in [4.69, 9.17) is 100 Å². The third kappa shape index (κ3) is 48.6. The number of hydrogen-bond donors (Lipinski definition) is 9. The van der Waals surface area contributed by atoms with Crippen molar-refractivity contribution in [2.45, 2.75) is 117 Å². The molecule has 12 N–H and O–H groups in total. The average Bonchev–Trinajstić information content (AvgIpc) is 1.71. The monoisotopic (exact) mass is 2150 g/mol. The molecular formula is C80H84B17Br4ClF3N18O16. The highest BCUT2D eigenvalue weighted by atomic mass is 79.9. The zero-order chi connectivity index (χ0) is 104. The average molecular weight is 2150 g/mol. The second kappa shape index (κ2) is 59.5. The number of benzene rings is 3. The normalized spacial score (nSPS) is 12.5. The molecule has 5 aliphatic carbocycles. The maximum absolute atomic E-state index is 13.6. The summed E-state index contributed by atoms with van der Waals surface area (Å²) in [7, 11) is 48.3. The second-order valence-corrected chi connectivity index (χ2v) is 36.5. The fourth-order valence-corrected chi connectivity index (χ4v) is 12.2. The van der Waals surface area contributed by atoms with Gasteiger partial charge in [-0.1, -0.05) is 63.7 Å². The second-order valence-electron chi connectivity index (χ2n) is 32.5. The molecule has 0 bridgehead atoms. The zero-order valence-corrected chi connectivity index (χ0v) is 82.9. The molecule has 697 valence electrons. The van der Waals surface area contributed by atoms with Gasteiger partial charge in [-0.3, -0.25) is 44.2 Å². The fourth-order valence-electron chi connectivity index (χ4n) is 10.7. The highest BCUT2D eigenvalue weighted by molar-refractivity contribution is 9.11. The van der Waals surface area contributed by atoms with Gasteiger partial charge in [0.15, 0.2) is 0 Å². The fraction of sp³-hybridized carbons (Fsp3) is 0.287. The van der Waals surface area contributed by atoms with Crippen molar-refractivity contribution in [3.63, 3.8) is 0 Å². The minimum Gasteiger partial charge on any atom is -0.428 e. The number of ether oxygens (including phenoxy) is 3. The van der Waals surface area contributed by atoms with Crippen LogP contribution < -0.4 is 53.8 Å². The van der Waals surface area contributed by atoms with Gasteiger partial charge in [0, 0.05) is 257 Å². The lowest BCUT2D eigenvalue weighted by molar-refractivity contribution is -0.387. The number of nitrogens with two attached hydrogens (primary N) is 3. The van der Waals surface area contributed by atoms with Crippen LogP contribution in [0.3, 0.4) is 0 Å². The summed E-state index contributed by atoms with van der Waals surface area (Å²) < 4.78 is 57.0. The molecule has 0 unspecified atom stereocenters. The summed E-state index contributed by atoms with van der Waals surface area (Å²) in [5.74, 6) is 1.51. The molecule has 14 rings (SSSR count). The number of nitro groups is 2. The van der Waals surface area contributed by atoms with Crippen LogP contribution >= 0.6 is 75.3 Å².